The average Bonchev–Trinajstić information content (AvgIpc) is 3.17. The number of carbonyl (C=O) groups is 1. The highest BCUT2D eigenvalue weighted by atomic mass is 16.5. The zero-order valence-corrected chi connectivity index (χ0v) is 16.3. The van der Waals surface area contributed by atoms with Gasteiger partial charge in [-0.3, -0.25) is 4.79 Å². The lowest BCUT2D eigenvalue weighted by Gasteiger charge is -2.05. The molecule has 0 fully saturated rings. The van der Waals surface area contributed by atoms with Gasteiger partial charge in [-0.2, -0.15) is 4.98 Å². The van der Waals surface area contributed by atoms with Crippen LogP contribution >= 0.6 is 0 Å². The van der Waals surface area contributed by atoms with Gasteiger partial charge in [0.1, 0.15) is 0 Å². The Balaban J connectivity index is 1.44. The van der Waals surface area contributed by atoms with Crippen LogP contribution in [0.2, 0.25) is 0 Å². The molecule has 1 amide bonds. The third kappa shape index (κ3) is 5.42. The Kier molecular flexibility index (Phi) is 6.42. The second kappa shape index (κ2) is 9.17. The van der Waals surface area contributed by atoms with Crippen LogP contribution < -0.4 is 11.1 Å². The number of carbonyl (C=O) groups excluding carboxylic acids is 1. The fraction of sp³-hybridized carbons (Fsp3) is 0.318. The van der Waals surface area contributed by atoms with E-state index in [0.29, 0.717) is 37.0 Å². The van der Waals surface area contributed by atoms with E-state index in [0.717, 1.165) is 23.2 Å². The molecule has 146 valence electrons. The summed E-state index contributed by atoms with van der Waals surface area (Å²) in [6.07, 6.45) is 1.50. The molecule has 0 aliphatic rings. The van der Waals surface area contributed by atoms with Crippen molar-refractivity contribution in [3.63, 3.8) is 0 Å². The number of hydrogen-bond acceptors (Lipinski definition) is 5. The molecule has 0 spiro atoms. The lowest BCUT2D eigenvalue weighted by molar-refractivity contribution is -0.121. The molecule has 1 heterocycles. The van der Waals surface area contributed by atoms with Gasteiger partial charge < -0.3 is 15.6 Å². The number of rotatable bonds is 8. The van der Waals surface area contributed by atoms with Gasteiger partial charge in [0.25, 0.3) is 0 Å². The molecule has 0 unspecified atom stereocenters. The van der Waals surface area contributed by atoms with E-state index >= 15 is 0 Å². The second-order valence-electron chi connectivity index (χ2n) is 7.13. The fourth-order valence-electron chi connectivity index (χ4n) is 2.83. The summed E-state index contributed by atoms with van der Waals surface area (Å²) in [6, 6.07) is 15.8. The van der Waals surface area contributed by atoms with Crippen molar-refractivity contribution in [2.75, 3.05) is 12.3 Å². The van der Waals surface area contributed by atoms with E-state index in [1.165, 1.54) is 5.56 Å². The van der Waals surface area contributed by atoms with Crippen LogP contribution in [-0.4, -0.2) is 22.6 Å². The lowest BCUT2D eigenvalue weighted by atomic mass is 10.0. The van der Waals surface area contributed by atoms with E-state index in [1.54, 1.807) is 0 Å². The summed E-state index contributed by atoms with van der Waals surface area (Å²) in [5.74, 6) is 1.47. The van der Waals surface area contributed by atoms with E-state index in [9.17, 15) is 4.79 Å². The van der Waals surface area contributed by atoms with Gasteiger partial charge in [0.15, 0.2) is 0 Å². The Labute approximate surface area is 165 Å². The minimum Gasteiger partial charge on any atom is -0.399 e. The summed E-state index contributed by atoms with van der Waals surface area (Å²) in [5, 5.41) is 6.93. The van der Waals surface area contributed by atoms with Gasteiger partial charge in [-0.15, -0.1) is 0 Å². The van der Waals surface area contributed by atoms with Gasteiger partial charge in [0.05, 0.1) is 0 Å². The smallest absolute Gasteiger partial charge is 0.227 e. The molecule has 0 aliphatic heterocycles. The molecular weight excluding hydrogens is 352 g/mol. The van der Waals surface area contributed by atoms with Crippen molar-refractivity contribution in [1.82, 2.24) is 15.5 Å². The van der Waals surface area contributed by atoms with Crippen LogP contribution in [0.25, 0.3) is 11.4 Å². The molecule has 3 rings (SSSR count). The van der Waals surface area contributed by atoms with Crippen LogP contribution in [0.15, 0.2) is 53.1 Å². The molecular formula is C22H26N4O2. The fourth-order valence-corrected chi connectivity index (χ4v) is 2.83. The molecule has 6 heteroatoms. The predicted molar refractivity (Wildman–Crippen MR) is 110 cm³/mol. The van der Waals surface area contributed by atoms with Crippen molar-refractivity contribution >= 4 is 11.6 Å². The quantitative estimate of drug-likeness (QED) is 0.583. The summed E-state index contributed by atoms with van der Waals surface area (Å²) in [7, 11) is 0. The largest absolute Gasteiger partial charge is 0.399 e. The first kappa shape index (κ1) is 19.6. The number of aryl methyl sites for hydroxylation is 1. The van der Waals surface area contributed by atoms with Crippen molar-refractivity contribution in [2.45, 2.75) is 39.0 Å². The van der Waals surface area contributed by atoms with E-state index < -0.39 is 0 Å². The highest BCUT2D eigenvalue weighted by Gasteiger charge is 2.11. The zero-order valence-electron chi connectivity index (χ0n) is 16.3. The Hall–Kier alpha value is -3.15. The Morgan fingerprint density at radius 1 is 1.07 bits per heavy atom. The van der Waals surface area contributed by atoms with Gasteiger partial charge in [0.2, 0.25) is 17.6 Å². The van der Waals surface area contributed by atoms with Gasteiger partial charge >= 0.3 is 0 Å². The second-order valence-corrected chi connectivity index (χ2v) is 7.13. The number of nitrogens with one attached hydrogen (secondary N) is 1. The molecule has 6 nitrogen and oxygen atoms in total. The number of nitrogen functional groups attached to an aromatic ring is 1. The normalized spacial score (nSPS) is 11.0. The third-order valence-electron chi connectivity index (χ3n) is 4.59. The van der Waals surface area contributed by atoms with Crippen LogP contribution in [0.1, 0.15) is 43.2 Å². The maximum absolute atomic E-state index is 12.0. The number of hydrogen-bond donors (Lipinski definition) is 2. The molecule has 3 aromatic rings. The van der Waals surface area contributed by atoms with Crippen LogP contribution in [0.4, 0.5) is 5.69 Å². The molecule has 28 heavy (non-hydrogen) atoms. The zero-order chi connectivity index (χ0) is 19.9. The van der Waals surface area contributed by atoms with E-state index in [1.807, 2.05) is 36.4 Å². The Bertz CT molecular complexity index is 899. The minimum absolute atomic E-state index is 0.0310. The van der Waals surface area contributed by atoms with Crippen molar-refractivity contribution in [2.24, 2.45) is 0 Å². The van der Waals surface area contributed by atoms with Crippen LogP contribution in [0.3, 0.4) is 0 Å². The molecule has 0 saturated heterocycles. The molecule has 0 radical (unpaired) electrons. The number of nitrogens with two attached hydrogens (primary N) is 1. The molecule has 3 N–H and O–H groups in total. The maximum Gasteiger partial charge on any atom is 0.227 e. The van der Waals surface area contributed by atoms with Gasteiger partial charge in [-0.1, -0.05) is 55.4 Å². The summed E-state index contributed by atoms with van der Waals surface area (Å²) >= 11 is 0. The standard InChI is InChI=1S/C22H26N4O2/c1-15(2)17-5-7-18(8-6-17)22-25-21(28-26-22)12-11-20(27)24-14-13-16-3-9-19(23)10-4-16/h3-10,15H,11-14,23H2,1-2H3,(H,24,27). The first-order valence-electron chi connectivity index (χ1n) is 9.55. The lowest BCUT2D eigenvalue weighted by Crippen LogP contribution is -2.25. The number of benzene rings is 2. The summed E-state index contributed by atoms with van der Waals surface area (Å²) in [6.45, 7) is 4.89. The number of amides is 1. The van der Waals surface area contributed by atoms with E-state index in [-0.39, 0.29) is 5.91 Å². The van der Waals surface area contributed by atoms with Crippen molar-refractivity contribution in [1.29, 1.82) is 0 Å². The molecule has 1 aromatic heterocycles. The average molecular weight is 378 g/mol. The van der Waals surface area contributed by atoms with Crippen LogP contribution in [0, 0.1) is 0 Å². The van der Waals surface area contributed by atoms with Crippen molar-refractivity contribution in [3.8, 4) is 11.4 Å². The van der Waals surface area contributed by atoms with E-state index in [2.05, 4.69) is 41.4 Å². The molecule has 0 aliphatic carbocycles. The van der Waals surface area contributed by atoms with Gasteiger partial charge in [-0.25, -0.2) is 0 Å². The number of aromatic nitrogens is 2. The van der Waals surface area contributed by atoms with Crippen LogP contribution in [-0.2, 0) is 17.6 Å². The number of nitrogens with zero attached hydrogens (tertiary/aromatic N) is 2. The van der Waals surface area contributed by atoms with Crippen LogP contribution in [0.5, 0.6) is 0 Å². The first-order chi connectivity index (χ1) is 13.5. The van der Waals surface area contributed by atoms with Crippen molar-refractivity contribution in [3.05, 3.63) is 65.5 Å². The summed E-state index contributed by atoms with van der Waals surface area (Å²) < 4.78 is 5.28. The highest BCUT2D eigenvalue weighted by Crippen LogP contribution is 2.20. The SMILES string of the molecule is CC(C)c1ccc(-c2noc(CCC(=O)NCCc3ccc(N)cc3)n2)cc1. The molecule has 0 saturated carbocycles. The van der Waals surface area contributed by atoms with Gasteiger partial charge in [0, 0.05) is 30.6 Å². The highest BCUT2D eigenvalue weighted by molar-refractivity contribution is 5.76. The van der Waals surface area contributed by atoms with E-state index in [4.69, 9.17) is 10.3 Å². The summed E-state index contributed by atoms with van der Waals surface area (Å²) in [4.78, 5) is 16.4. The maximum atomic E-state index is 12.0. The Morgan fingerprint density at radius 2 is 1.79 bits per heavy atom. The molecule has 0 bridgehead atoms. The van der Waals surface area contributed by atoms with Crippen molar-refractivity contribution < 1.29 is 9.32 Å². The van der Waals surface area contributed by atoms with Gasteiger partial charge in [-0.05, 0) is 35.6 Å². The monoisotopic (exact) mass is 378 g/mol. The molecule has 0 atom stereocenters. The third-order valence-corrected chi connectivity index (χ3v) is 4.59. The first-order valence-corrected chi connectivity index (χ1v) is 9.55. The topological polar surface area (TPSA) is 94.0 Å². The summed E-state index contributed by atoms with van der Waals surface area (Å²) in [5.41, 5.74) is 9.72. The molecule has 2 aromatic carbocycles. The minimum atomic E-state index is -0.0310. The Morgan fingerprint density at radius 3 is 2.46 bits per heavy atom. The number of anilines is 1. The predicted octanol–water partition coefficient (Wildman–Crippen LogP) is 3.73.